The van der Waals surface area contributed by atoms with Crippen LogP contribution in [0.25, 0.3) is 0 Å². The molecule has 0 aromatic rings. The van der Waals surface area contributed by atoms with Gasteiger partial charge in [-0.1, -0.05) is 6.08 Å². The van der Waals surface area contributed by atoms with E-state index in [4.69, 9.17) is 0 Å². The van der Waals surface area contributed by atoms with E-state index >= 15 is 0 Å². The third-order valence-electron chi connectivity index (χ3n) is 1.46. The van der Waals surface area contributed by atoms with Crippen molar-refractivity contribution in [1.29, 1.82) is 0 Å². The van der Waals surface area contributed by atoms with Gasteiger partial charge < -0.3 is 0 Å². The van der Waals surface area contributed by atoms with Crippen molar-refractivity contribution < 1.29 is 17.6 Å². The maximum Gasteiger partial charge on any atom is 0.168 e. The second-order valence-corrected chi connectivity index (χ2v) is 2.21. The zero-order chi connectivity index (χ0) is 9.30. The highest BCUT2D eigenvalue weighted by Gasteiger charge is 2.33. The molecule has 0 saturated carbocycles. The van der Waals surface area contributed by atoms with Gasteiger partial charge in [-0.2, -0.15) is 0 Å². The number of hydrogen-bond acceptors (Lipinski definition) is 0. The second kappa shape index (κ2) is 3.13. The lowest BCUT2D eigenvalue weighted by Crippen LogP contribution is -2.17. The van der Waals surface area contributed by atoms with Gasteiger partial charge in [0, 0.05) is 6.08 Å². The molecule has 1 aliphatic carbocycles. The van der Waals surface area contributed by atoms with Crippen molar-refractivity contribution in [2.45, 2.75) is 6.17 Å². The Balaban J connectivity index is 3.07. The largest absolute Gasteiger partial charge is 0.238 e. The first-order chi connectivity index (χ1) is 5.57. The summed E-state index contributed by atoms with van der Waals surface area (Å²) in [4.78, 5) is 0. The van der Waals surface area contributed by atoms with Gasteiger partial charge in [0.25, 0.3) is 0 Å². The molecule has 4 heteroatoms. The molecule has 0 aliphatic heterocycles. The normalized spacial score (nSPS) is 25.7. The fourth-order valence-corrected chi connectivity index (χ4v) is 0.848. The Labute approximate surface area is 66.9 Å². The van der Waals surface area contributed by atoms with Crippen LogP contribution in [0.3, 0.4) is 0 Å². The lowest BCUT2D eigenvalue weighted by molar-refractivity contribution is 0.325. The van der Waals surface area contributed by atoms with Crippen molar-refractivity contribution in [3.05, 3.63) is 42.1 Å². The smallest absolute Gasteiger partial charge is 0.168 e. The van der Waals surface area contributed by atoms with Crippen LogP contribution in [0.1, 0.15) is 0 Å². The van der Waals surface area contributed by atoms with E-state index < -0.39 is 29.6 Å². The maximum absolute atomic E-state index is 12.7. The molecular weight excluding hydrogens is 172 g/mol. The van der Waals surface area contributed by atoms with Gasteiger partial charge in [0.2, 0.25) is 0 Å². The van der Waals surface area contributed by atoms with E-state index in [0.29, 0.717) is 0 Å². The van der Waals surface area contributed by atoms with Crippen LogP contribution in [0.4, 0.5) is 17.6 Å². The Morgan fingerprint density at radius 2 is 1.92 bits per heavy atom. The van der Waals surface area contributed by atoms with E-state index in [1.54, 1.807) is 0 Å². The molecule has 0 amide bonds. The Morgan fingerprint density at radius 3 is 2.42 bits per heavy atom. The lowest BCUT2D eigenvalue weighted by Gasteiger charge is -2.17. The van der Waals surface area contributed by atoms with Crippen LogP contribution in [0.15, 0.2) is 36.2 Å². The average Bonchev–Trinajstić information content (AvgIpc) is 2.02. The third kappa shape index (κ3) is 1.29. The summed E-state index contributed by atoms with van der Waals surface area (Å²) in [7, 11) is 0. The van der Waals surface area contributed by atoms with Gasteiger partial charge >= 0.3 is 0 Å². The molecule has 65 valence electrons. The minimum absolute atomic E-state index is 0.188. The fourth-order valence-electron chi connectivity index (χ4n) is 0.848. The van der Waals surface area contributed by atoms with Crippen molar-refractivity contribution >= 4 is 0 Å². The summed E-state index contributed by atoms with van der Waals surface area (Å²) in [5.41, 5.74) is 0. The maximum atomic E-state index is 12.7. The van der Waals surface area contributed by atoms with Crippen molar-refractivity contribution in [2.75, 3.05) is 0 Å². The van der Waals surface area contributed by atoms with E-state index in [2.05, 4.69) is 6.58 Å². The zero-order valence-electron chi connectivity index (χ0n) is 5.95. The van der Waals surface area contributed by atoms with Crippen LogP contribution in [-0.2, 0) is 0 Å². The molecule has 0 heterocycles. The van der Waals surface area contributed by atoms with Gasteiger partial charge in [-0.3, -0.25) is 0 Å². The van der Waals surface area contributed by atoms with E-state index in [1.807, 2.05) is 0 Å². The highest BCUT2D eigenvalue weighted by molar-refractivity contribution is 5.44. The summed E-state index contributed by atoms with van der Waals surface area (Å²) >= 11 is 0. The first-order valence-corrected chi connectivity index (χ1v) is 3.14. The number of allylic oxidation sites excluding steroid dienone is 5. The van der Waals surface area contributed by atoms with E-state index in [-0.39, 0.29) is 6.08 Å². The predicted octanol–water partition coefficient (Wildman–Crippen LogP) is 3.10. The second-order valence-electron chi connectivity index (χ2n) is 2.21. The SMILES string of the molecule is C=C[C]1C(F)=C(F)C=C(F)C1F. The van der Waals surface area contributed by atoms with E-state index in [0.717, 1.165) is 6.08 Å². The molecule has 12 heavy (non-hydrogen) atoms. The predicted molar refractivity (Wildman–Crippen MR) is 36.8 cm³/mol. The molecule has 0 nitrogen and oxygen atoms in total. The summed E-state index contributed by atoms with van der Waals surface area (Å²) in [6.45, 7) is 3.04. The van der Waals surface area contributed by atoms with Crippen LogP contribution in [0, 0.1) is 5.92 Å². The number of hydrogen-bond donors (Lipinski definition) is 0. The first kappa shape index (κ1) is 9.03. The standard InChI is InChI=1S/C8H5F4/c1-2-4-7(11)5(9)3-6(10)8(4)12/h2-3,7H,1H2. The average molecular weight is 177 g/mol. The number of alkyl halides is 1. The van der Waals surface area contributed by atoms with E-state index in [1.165, 1.54) is 0 Å². The minimum Gasteiger partial charge on any atom is -0.238 e. The Kier molecular flexibility index (Phi) is 2.35. The summed E-state index contributed by atoms with van der Waals surface area (Å²) in [5, 5.41) is 0. The molecule has 1 atom stereocenters. The van der Waals surface area contributed by atoms with Crippen molar-refractivity contribution in [1.82, 2.24) is 0 Å². The van der Waals surface area contributed by atoms with Crippen LogP contribution in [0.5, 0.6) is 0 Å². The van der Waals surface area contributed by atoms with Crippen LogP contribution in [-0.4, -0.2) is 6.17 Å². The Bertz CT molecular complexity index is 264. The van der Waals surface area contributed by atoms with Crippen molar-refractivity contribution in [2.24, 2.45) is 0 Å². The lowest BCUT2D eigenvalue weighted by atomic mass is 9.96. The van der Waals surface area contributed by atoms with Crippen LogP contribution < -0.4 is 0 Å². The fraction of sp³-hybridized carbons (Fsp3) is 0.125. The molecular formula is C8H5F4. The zero-order valence-corrected chi connectivity index (χ0v) is 5.95. The van der Waals surface area contributed by atoms with Gasteiger partial charge in [0.1, 0.15) is 5.83 Å². The van der Waals surface area contributed by atoms with Crippen molar-refractivity contribution in [3.8, 4) is 0 Å². The summed E-state index contributed by atoms with van der Waals surface area (Å²) in [6.07, 6.45) is -1.29. The summed E-state index contributed by atoms with van der Waals surface area (Å²) < 4.78 is 50.1. The number of halogens is 4. The first-order valence-electron chi connectivity index (χ1n) is 3.14. The quantitative estimate of drug-likeness (QED) is 0.540. The molecule has 0 N–H and O–H groups in total. The molecule has 0 fully saturated rings. The molecule has 1 aliphatic rings. The monoisotopic (exact) mass is 177 g/mol. The van der Waals surface area contributed by atoms with E-state index in [9.17, 15) is 17.6 Å². The summed E-state index contributed by atoms with van der Waals surface area (Å²) in [6, 6.07) is 0. The molecule has 0 aromatic heterocycles. The Hall–Kier alpha value is -1.06. The van der Waals surface area contributed by atoms with Gasteiger partial charge in [-0.15, -0.1) is 6.58 Å². The highest BCUT2D eigenvalue weighted by atomic mass is 19.2. The topological polar surface area (TPSA) is 0 Å². The molecule has 1 rings (SSSR count). The molecule has 0 saturated heterocycles. The summed E-state index contributed by atoms with van der Waals surface area (Å²) in [5.74, 6) is -4.84. The van der Waals surface area contributed by atoms with Gasteiger partial charge in [-0.25, -0.2) is 17.6 Å². The van der Waals surface area contributed by atoms with Gasteiger partial charge in [-0.05, 0) is 0 Å². The van der Waals surface area contributed by atoms with Crippen LogP contribution >= 0.6 is 0 Å². The third-order valence-corrected chi connectivity index (χ3v) is 1.46. The molecule has 1 unspecified atom stereocenters. The highest BCUT2D eigenvalue weighted by Crippen LogP contribution is 2.36. The van der Waals surface area contributed by atoms with Crippen LogP contribution in [0.2, 0.25) is 0 Å². The van der Waals surface area contributed by atoms with Gasteiger partial charge in [0.05, 0.1) is 5.92 Å². The van der Waals surface area contributed by atoms with Crippen molar-refractivity contribution in [3.63, 3.8) is 0 Å². The molecule has 0 bridgehead atoms. The molecule has 0 spiro atoms. The minimum atomic E-state index is -2.23. The number of rotatable bonds is 1. The molecule has 0 aromatic carbocycles. The Morgan fingerprint density at radius 1 is 1.33 bits per heavy atom. The molecule has 1 radical (unpaired) electrons. The van der Waals surface area contributed by atoms with Gasteiger partial charge in [0.15, 0.2) is 17.8 Å².